The van der Waals surface area contributed by atoms with E-state index in [1.807, 2.05) is 39.2 Å². The fourth-order valence-electron chi connectivity index (χ4n) is 2.18. The molecule has 1 aromatic carbocycles. The minimum absolute atomic E-state index is 0.487. The van der Waals surface area contributed by atoms with Gasteiger partial charge in [0.2, 0.25) is 0 Å². The summed E-state index contributed by atoms with van der Waals surface area (Å²) in [5, 5.41) is 15.5. The molecule has 4 nitrogen and oxygen atoms in total. The minimum atomic E-state index is -0.792. The molecule has 0 amide bonds. The quantitative estimate of drug-likeness (QED) is 0.876. The highest BCUT2D eigenvalue weighted by Crippen LogP contribution is 2.32. The average molecular weight is 373 g/mol. The van der Waals surface area contributed by atoms with E-state index in [0.29, 0.717) is 17.3 Å². The molecule has 1 heterocycles. The first-order chi connectivity index (χ1) is 9.91. The van der Waals surface area contributed by atoms with E-state index >= 15 is 0 Å². The fraction of sp³-hybridized carbons (Fsp3) is 0.400. The zero-order valence-electron chi connectivity index (χ0n) is 12.3. The number of aromatic nitrogens is 2. The van der Waals surface area contributed by atoms with Crippen LogP contribution in [-0.2, 0) is 6.54 Å². The lowest BCUT2D eigenvalue weighted by Gasteiger charge is -2.18. The Balaban J connectivity index is 2.36. The summed E-state index contributed by atoms with van der Waals surface area (Å²) in [6.45, 7) is 3.48. The number of rotatable bonds is 5. The van der Waals surface area contributed by atoms with Gasteiger partial charge in [0.1, 0.15) is 6.10 Å². The predicted molar refractivity (Wildman–Crippen MR) is 88.7 cm³/mol. The number of aliphatic hydroxyl groups is 1. The van der Waals surface area contributed by atoms with Crippen molar-refractivity contribution in [2.45, 2.75) is 19.6 Å². The van der Waals surface area contributed by atoms with Crippen LogP contribution in [0, 0.1) is 6.92 Å². The Bertz CT molecular complexity index is 627. The summed E-state index contributed by atoms with van der Waals surface area (Å²) >= 11 is 9.72. The third-order valence-corrected chi connectivity index (χ3v) is 4.61. The number of hydrogen-bond donors (Lipinski definition) is 1. The monoisotopic (exact) mass is 371 g/mol. The molecule has 0 spiro atoms. The SMILES string of the molecule is Cc1c(Br)cccc1C(O)c1c(Cl)cnn1CCN(C)C. The van der Waals surface area contributed by atoms with Gasteiger partial charge in [-0.1, -0.05) is 39.7 Å². The maximum Gasteiger partial charge on any atom is 0.122 e. The van der Waals surface area contributed by atoms with Gasteiger partial charge in [0.25, 0.3) is 0 Å². The Labute approximate surface area is 138 Å². The van der Waals surface area contributed by atoms with E-state index in [1.165, 1.54) is 0 Å². The first-order valence-electron chi connectivity index (χ1n) is 6.70. The second kappa shape index (κ2) is 6.92. The Morgan fingerprint density at radius 1 is 1.43 bits per heavy atom. The third-order valence-electron chi connectivity index (χ3n) is 3.46. The number of halogens is 2. The Morgan fingerprint density at radius 2 is 2.14 bits per heavy atom. The zero-order valence-corrected chi connectivity index (χ0v) is 14.7. The van der Waals surface area contributed by atoms with E-state index < -0.39 is 6.10 Å². The second-order valence-corrected chi connectivity index (χ2v) is 6.52. The van der Waals surface area contributed by atoms with Crippen LogP contribution < -0.4 is 0 Å². The van der Waals surface area contributed by atoms with Crippen molar-refractivity contribution in [1.82, 2.24) is 14.7 Å². The van der Waals surface area contributed by atoms with Gasteiger partial charge in [0, 0.05) is 11.0 Å². The van der Waals surface area contributed by atoms with Crippen molar-refractivity contribution >= 4 is 27.5 Å². The summed E-state index contributed by atoms with van der Waals surface area (Å²) in [7, 11) is 4.00. The third kappa shape index (κ3) is 3.66. The van der Waals surface area contributed by atoms with Crippen LogP contribution in [0.4, 0.5) is 0 Å². The van der Waals surface area contributed by atoms with Crippen LogP contribution in [0.2, 0.25) is 5.02 Å². The standard InChI is InChI=1S/C15H19BrClN3O/c1-10-11(5-4-6-12(10)16)15(21)14-13(17)9-18-20(14)8-7-19(2)3/h4-6,9,15,21H,7-8H2,1-3H3. The minimum Gasteiger partial charge on any atom is -0.382 e. The summed E-state index contributed by atoms with van der Waals surface area (Å²) in [5.74, 6) is 0. The van der Waals surface area contributed by atoms with Crippen molar-refractivity contribution in [3.05, 3.63) is 50.7 Å². The molecule has 1 N–H and O–H groups in total. The molecule has 1 aromatic heterocycles. The van der Waals surface area contributed by atoms with E-state index in [0.717, 1.165) is 22.1 Å². The molecule has 1 unspecified atom stereocenters. The highest BCUT2D eigenvalue weighted by atomic mass is 79.9. The molecule has 0 aliphatic rings. The Hall–Kier alpha value is -0.880. The molecule has 0 saturated heterocycles. The number of likely N-dealkylation sites (N-methyl/N-ethyl adjacent to an activating group) is 1. The highest BCUT2D eigenvalue weighted by molar-refractivity contribution is 9.10. The van der Waals surface area contributed by atoms with Crippen LogP contribution in [0.15, 0.2) is 28.9 Å². The summed E-state index contributed by atoms with van der Waals surface area (Å²) < 4.78 is 2.74. The number of benzene rings is 1. The van der Waals surface area contributed by atoms with Crippen LogP contribution in [0.25, 0.3) is 0 Å². The molecule has 2 aromatic rings. The lowest BCUT2D eigenvalue weighted by Crippen LogP contribution is -2.21. The molecule has 114 valence electrons. The molecular weight excluding hydrogens is 354 g/mol. The van der Waals surface area contributed by atoms with Crippen molar-refractivity contribution in [2.24, 2.45) is 0 Å². The second-order valence-electron chi connectivity index (χ2n) is 5.26. The zero-order chi connectivity index (χ0) is 15.6. The normalized spacial score (nSPS) is 12.9. The van der Waals surface area contributed by atoms with E-state index in [1.54, 1.807) is 10.9 Å². The van der Waals surface area contributed by atoms with Gasteiger partial charge in [-0.3, -0.25) is 4.68 Å². The van der Waals surface area contributed by atoms with Crippen molar-refractivity contribution in [3.63, 3.8) is 0 Å². The van der Waals surface area contributed by atoms with E-state index in [4.69, 9.17) is 11.6 Å². The van der Waals surface area contributed by atoms with Crippen LogP contribution >= 0.6 is 27.5 Å². The van der Waals surface area contributed by atoms with Gasteiger partial charge >= 0.3 is 0 Å². The molecule has 0 saturated carbocycles. The van der Waals surface area contributed by atoms with Crippen molar-refractivity contribution in [1.29, 1.82) is 0 Å². The summed E-state index contributed by atoms with van der Waals surface area (Å²) in [5.41, 5.74) is 2.47. The van der Waals surface area contributed by atoms with E-state index in [2.05, 4.69) is 25.9 Å². The summed E-state index contributed by atoms with van der Waals surface area (Å²) in [4.78, 5) is 2.07. The van der Waals surface area contributed by atoms with Crippen molar-refractivity contribution in [3.8, 4) is 0 Å². The smallest absolute Gasteiger partial charge is 0.122 e. The molecule has 0 bridgehead atoms. The topological polar surface area (TPSA) is 41.3 Å². The van der Waals surface area contributed by atoms with Gasteiger partial charge in [0.15, 0.2) is 0 Å². The van der Waals surface area contributed by atoms with Crippen LogP contribution in [0.3, 0.4) is 0 Å². The molecule has 21 heavy (non-hydrogen) atoms. The van der Waals surface area contributed by atoms with Crippen molar-refractivity contribution in [2.75, 3.05) is 20.6 Å². The lowest BCUT2D eigenvalue weighted by molar-refractivity contribution is 0.205. The summed E-state index contributed by atoms with van der Waals surface area (Å²) in [6, 6.07) is 5.77. The van der Waals surface area contributed by atoms with Crippen LogP contribution in [0.5, 0.6) is 0 Å². The van der Waals surface area contributed by atoms with Crippen molar-refractivity contribution < 1.29 is 5.11 Å². The molecule has 1 atom stereocenters. The predicted octanol–water partition coefficient (Wildman–Crippen LogP) is 3.25. The molecule has 0 aliphatic carbocycles. The van der Waals surface area contributed by atoms with Gasteiger partial charge in [-0.25, -0.2) is 0 Å². The highest BCUT2D eigenvalue weighted by Gasteiger charge is 2.22. The Kier molecular flexibility index (Phi) is 5.43. The largest absolute Gasteiger partial charge is 0.382 e. The average Bonchev–Trinajstić information content (AvgIpc) is 2.80. The van der Waals surface area contributed by atoms with Gasteiger partial charge in [0.05, 0.1) is 23.5 Å². The molecule has 0 aliphatic heterocycles. The van der Waals surface area contributed by atoms with Gasteiger partial charge in [-0.05, 0) is 38.2 Å². The maximum absolute atomic E-state index is 10.7. The first-order valence-corrected chi connectivity index (χ1v) is 7.88. The first kappa shape index (κ1) is 16.5. The molecule has 6 heteroatoms. The number of nitrogens with zero attached hydrogens (tertiary/aromatic N) is 3. The summed E-state index contributed by atoms with van der Waals surface area (Å²) in [6.07, 6.45) is 0.794. The number of aliphatic hydroxyl groups excluding tert-OH is 1. The van der Waals surface area contributed by atoms with Gasteiger partial charge < -0.3 is 10.0 Å². The maximum atomic E-state index is 10.7. The molecule has 0 fully saturated rings. The van der Waals surface area contributed by atoms with E-state index in [9.17, 15) is 5.11 Å². The van der Waals surface area contributed by atoms with Gasteiger partial charge in [-0.15, -0.1) is 0 Å². The number of hydrogen-bond acceptors (Lipinski definition) is 3. The fourth-order valence-corrected chi connectivity index (χ4v) is 2.81. The lowest BCUT2D eigenvalue weighted by atomic mass is 10.0. The van der Waals surface area contributed by atoms with E-state index in [-0.39, 0.29) is 0 Å². The molecule has 2 rings (SSSR count). The molecule has 0 radical (unpaired) electrons. The van der Waals surface area contributed by atoms with Crippen LogP contribution in [-0.4, -0.2) is 40.4 Å². The molecular formula is C15H19BrClN3O. The van der Waals surface area contributed by atoms with Gasteiger partial charge in [-0.2, -0.15) is 5.10 Å². The van der Waals surface area contributed by atoms with Crippen LogP contribution in [0.1, 0.15) is 22.9 Å². The Morgan fingerprint density at radius 3 is 2.81 bits per heavy atom.